The van der Waals surface area contributed by atoms with Gasteiger partial charge in [-0.1, -0.05) is 18.9 Å². The lowest BCUT2D eigenvalue weighted by Crippen LogP contribution is -2.52. The fourth-order valence-electron chi connectivity index (χ4n) is 4.99. The molecule has 0 radical (unpaired) electrons. The Morgan fingerprint density at radius 3 is 2.92 bits per heavy atom. The summed E-state index contributed by atoms with van der Waals surface area (Å²) in [6, 6.07) is 4.66. The zero-order chi connectivity index (χ0) is 17.8. The van der Waals surface area contributed by atoms with Gasteiger partial charge in [-0.15, -0.1) is 0 Å². The Labute approximate surface area is 156 Å². The summed E-state index contributed by atoms with van der Waals surface area (Å²) in [6.07, 6.45) is 10.7. The minimum Gasteiger partial charge on any atom is -0.380 e. The molecule has 1 saturated carbocycles. The van der Waals surface area contributed by atoms with Gasteiger partial charge in [0.05, 0.1) is 13.2 Å². The summed E-state index contributed by atoms with van der Waals surface area (Å²) in [5.41, 5.74) is 1.26. The molecule has 2 aliphatic heterocycles. The number of hydrogen-bond acceptors (Lipinski definition) is 4. The Kier molecular flexibility index (Phi) is 5.85. The number of nitrogens with zero attached hydrogens (tertiary/aromatic N) is 3. The van der Waals surface area contributed by atoms with E-state index < -0.39 is 0 Å². The van der Waals surface area contributed by atoms with Gasteiger partial charge in [-0.3, -0.25) is 14.7 Å². The molecule has 3 heterocycles. The third kappa shape index (κ3) is 4.26. The van der Waals surface area contributed by atoms with Crippen LogP contribution in [0.25, 0.3) is 0 Å². The summed E-state index contributed by atoms with van der Waals surface area (Å²) in [4.78, 5) is 21.7. The van der Waals surface area contributed by atoms with Crippen molar-refractivity contribution < 1.29 is 9.53 Å². The van der Waals surface area contributed by atoms with E-state index in [2.05, 4.69) is 20.9 Å². The molecule has 0 N–H and O–H groups in total. The zero-order valence-corrected chi connectivity index (χ0v) is 15.7. The molecule has 2 saturated heterocycles. The van der Waals surface area contributed by atoms with Crippen molar-refractivity contribution in [2.24, 2.45) is 11.8 Å². The first kappa shape index (κ1) is 17.9. The number of carbonyl (C=O) groups is 1. The van der Waals surface area contributed by atoms with Gasteiger partial charge in [0, 0.05) is 57.0 Å². The first-order valence-corrected chi connectivity index (χ1v) is 10.3. The highest BCUT2D eigenvalue weighted by Crippen LogP contribution is 2.30. The molecule has 3 aliphatic rings. The largest absolute Gasteiger partial charge is 0.380 e. The number of ether oxygens (including phenoxy) is 1. The van der Waals surface area contributed by atoms with Crippen LogP contribution in [0.15, 0.2) is 24.5 Å². The van der Waals surface area contributed by atoms with E-state index in [1.807, 2.05) is 18.5 Å². The number of pyridine rings is 1. The molecule has 0 bridgehead atoms. The number of aromatic nitrogens is 1. The van der Waals surface area contributed by atoms with Crippen molar-refractivity contribution in [3.8, 4) is 0 Å². The van der Waals surface area contributed by atoms with Gasteiger partial charge in [0.2, 0.25) is 5.91 Å². The van der Waals surface area contributed by atoms with Gasteiger partial charge in [-0.2, -0.15) is 0 Å². The van der Waals surface area contributed by atoms with Crippen LogP contribution >= 0.6 is 0 Å². The van der Waals surface area contributed by atoms with Crippen molar-refractivity contribution >= 4 is 5.91 Å². The van der Waals surface area contributed by atoms with Gasteiger partial charge in [-0.25, -0.2) is 0 Å². The van der Waals surface area contributed by atoms with E-state index in [0.717, 1.165) is 52.2 Å². The molecule has 1 aromatic heterocycles. The van der Waals surface area contributed by atoms with Crippen LogP contribution in [0.1, 0.15) is 44.1 Å². The van der Waals surface area contributed by atoms with Gasteiger partial charge >= 0.3 is 0 Å². The Hall–Kier alpha value is -1.46. The predicted octanol–water partition coefficient (Wildman–Crippen LogP) is 2.71. The van der Waals surface area contributed by atoms with Gasteiger partial charge in [0.1, 0.15) is 0 Å². The standard InChI is InChI=1S/C21H31N3O2/c25-21(12-17-4-1-2-5-17)24-9-7-20-19(15-24)16-26-11-10-23(20)14-18-6-3-8-22-13-18/h3,6,8,13,17,19-20H,1-2,4-5,7,9-12,14-16H2/t19-,20-/m1/s1. The van der Waals surface area contributed by atoms with Gasteiger partial charge < -0.3 is 9.64 Å². The van der Waals surface area contributed by atoms with Crippen LogP contribution in [-0.2, 0) is 16.1 Å². The zero-order valence-electron chi connectivity index (χ0n) is 15.7. The number of fused-ring (bicyclic) bond motifs is 1. The molecule has 1 amide bonds. The van der Waals surface area contributed by atoms with Crippen molar-refractivity contribution in [3.63, 3.8) is 0 Å². The fourth-order valence-corrected chi connectivity index (χ4v) is 4.99. The highest BCUT2D eigenvalue weighted by Gasteiger charge is 2.37. The van der Waals surface area contributed by atoms with E-state index in [1.54, 1.807) is 0 Å². The van der Waals surface area contributed by atoms with Crippen LogP contribution < -0.4 is 0 Å². The summed E-state index contributed by atoms with van der Waals surface area (Å²) in [6.45, 7) is 5.21. The Bertz CT molecular complexity index is 588. The smallest absolute Gasteiger partial charge is 0.222 e. The van der Waals surface area contributed by atoms with Gasteiger partial charge in [0.15, 0.2) is 0 Å². The number of likely N-dealkylation sites (tertiary alicyclic amines) is 1. The monoisotopic (exact) mass is 357 g/mol. The second kappa shape index (κ2) is 8.49. The van der Waals surface area contributed by atoms with Crippen molar-refractivity contribution in [1.29, 1.82) is 0 Å². The highest BCUT2D eigenvalue weighted by molar-refractivity contribution is 5.76. The van der Waals surface area contributed by atoms with Crippen molar-refractivity contribution in [1.82, 2.24) is 14.8 Å². The van der Waals surface area contributed by atoms with Crippen molar-refractivity contribution in [2.45, 2.75) is 51.1 Å². The first-order valence-electron chi connectivity index (χ1n) is 10.3. The number of rotatable bonds is 4. The first-order chi connectivity index (χ1) is 12.8. The Morgan fingerprint density at radius 1 is 1.23 bits per heavy atom. The normalized spacial score (nSPS) is 27.9. The minimum absolute atomic E-state index is 0.374. The van der Waals surface area contributed by atoms with Gasteiger partial charge in [-0.05, 0) is 36.8 Å². The number of piperidine rings is 1. The second-order valence-corrected chi connectivity index (χ2v) is 8.22. The maximum atomic E-state index is 12.8. The maximum Gasteiger partial charge on any atom is 0.222 e. The molecule has 0 spiro atoms. The van der Waals surface area contributed by atoms with Crippen LogP contribution in [0.2, 0.25) is 0 Å². The molecular weight excluding hydrogens is 326 g/mol. The third-order valence-corrected chi connectivity index (χ3v) is 6.42. The summed E-state index contributed by atoms with van der Waals surface area (Å²) in [5, 5.41) is 0. The summed E-state index contributed by atoms with van der Waals surface area (Å²) in [7, 11) is 0. The molecule has 5 nitrogen and oxygen atoms in total. The maximum absolute atomic E-state index is 12.8. The number of carbonyl (C=O) groups excluding carboxylic acids is 1. The Morgan fingerprint density at radius 2 is 2.12 bits per heavy atom. The van der Waals surface area contributed by atoms with E-state index in [4.69, 9.17) is 4.74 Å². The van der Waals surface area contributed by atoms with E-state index in [9.17, 15) is 4.79 Å². The molecule has 1 aliphatic carbocycles. The molecule has 26 heavy (non-hydrogen) atoms. The quantitative estimate of drug-likeness (QED) is 0.831. The predicted molar refractivity (Wildman–Crippen MR) is 101 cm³/mol. The fraction of sp³-hybridized carbons (Fsp3) is 0.714. The SMILES string of the molecule is O=C(CC1CCCC1)N1CC[C@@H]2[C@@H](COCCN2Cc2cccnc2)C1. The van der Waals surface area contributed by atoms with E-state index in [1.165, 1.54) is 31.2 Å². The lowest BCUT2D eigenvalue weighted by molar-refractivity contribution is -0.135. The lowest BCUT2D eigenvalue weighted by atomic mass is 9.90. The summed E-state index contributed by atoms with van der Waals surface area (Å²) >= 11 is 0. The minimum atomic E-state index is 0.374. The average Bonchev–Trinajstić information content (AvgIpc) is 3.10. The van der Waals surface area contributed by atoms with Crippen molar-refractivity contribution in [3.05, 3.63) is 30.1 Å². The molecule has 142 valence electrons. The lowest BCUT2D eigenvalue weighted by Gasteiger charge is -2.42. The highest BCUT2D eigenvalue weighted by atomic mass is 16.5. The molecule has 2 atom stereocenters. The summed E-state index contributed by atoms with van der Waals surface area (Å²) in [5.74, 6) is 1.43. The number of amides is 1. The van der Waals surface area contributed by atoms with Crippen LogP contribution in [0.5, 0.6) is 0 Å². The molecule has 1 aromatic rings. The third-order valence-electron chi connectivity index (χ3n) is 6.42. The molecule has 5 heteroatoms. The summed E-state index contributed by atoms with van der Waals surface area (Å²) < 4.78 is 5.90. The van der Waals surface area contributed by atoms with E-state index >= 15 is 0 Å². The topological polar surface area (TPSA) is 45.7 Å². The van der Waals surface area contributed by atoms with Crippen LogP contribution in [0.3, 0.4) is 0 Å². The molecule has 0 unspecified atom stereocenters. The van der Waals surface area contributed by atoms with Crippen LogP contribution in [-0.4, -0.2) is 59.6 Å². The molecule has 0 aromatic carbocycles. The second-order valence-electron chi connectivity index (χ2n) is 8.22. The molecular formula is C21H31N3O2. The van der Waals surface area contributed by atoms with Crippen LogP contribution in [0, 0.1) is 11.8 Å². The van der Waals surface area contributed by atoms with E-state index in [-0.39, 0.29) is 0 Å². The average molecular weight is 357 g/mol. The van der Waals surface area contributed by atoms with E-state index in [0.29, 0.717) is 23.8 Å². The van der Waals surface area contributed by atoms with Crippen molar-refractivity contribution in [2.75, 3.05) is 32.8 Å². The molecule has 3 fully saturated rings. The van der Waals surface area contributed by atoms with Crippen LogP contribution in [0.4, 0.5) is 0 Å². The van der Waals surface area contributed by atoms with Gasteiger partial charge in [0.25, 0.3) is 0 Å². The number of hydrogen-bond donors (Lipinski definition) is 0. The molecule has 4 rings (SSSR count). The Balaban J connectivity index is 1.37.